The van der Waals surface area contributed by atoms with E-state index in [1.165, 1.54) is 19.3 Å². The van der Waals surface area contributed by atoms with Crippen LogP contribution in [0.1, 0.15) is 39.5 Å². The lowest BCUT2D eigenvalue weighted by Crippen LogP contribution is -1.91. The lowest BCUT2D eigenvalue weighted by molar-refractivity contribution is 0.643. The van der Waals surface area contributed by atoms with Gasteiger partial charge in [0.15, 0.2) is 0 Å². The minimum atomic E-state index is 0.864. The summed E-state index contributed by atoms with van der Waals surface area (Å²) in [7, 11) is 0. The Kier molecular flexibility index (Phi) is 2.47. The first-order chi connectivity index (χ1) is 4.74. The van der Waals surface area contributed by atoms with E-state index < -0.39 is 0 Å². The first kappa shape index (κ1) is 7.77. The zero-order valence-electron chi connectivity index (χ0n) is 6.98. The fourth-order valence-electron chi connectivity index (χ4n) is 1.68. The van der Waals surface area contributed by atoms with E-state index in [4.69, 9.17) is 5.41 Å². The molecular weight excluding hydrogens is 122 g/mol. The summed E-state index contributed by atoms with van der Waals surface area (Å²) in [6, 6.07) is 0. The van der Waals surface area contributed by atoms with E-state index in [2.05, 4.69) is 6.92 Å². The predicted molar refractivity (Wildman–Crippen MR) is 44.5 cm³/mol. The van der Waals surface area contributed by atoms with Crippen molar-refractivity contribution in [3.05, 3.63) is 0 Å². The average molecular weight is 139 g/mol. The molecule has 1 rings (SSSR count). The van der Waals surface area contributed by atoms with E-state index >= 15 is 0 Å². The van der Waals surface area contributed by atoms with Gasteiger partial charge in [0.05, 0.1) is 0 Å². The highest BCUT2D eigenvalue weighted by Gasteiger charge is 2.35. The summed E-state index contributed by atoms with van der Waals surface area (Å²) in [6.07, 6.45) is 5.16. The highest BCUT2D eigenvalue weighted by Crippen LogP contribution is 2.44. The molecule has 2 atom stereocenters. The third-order valence-corrected chi connectivity index (χ3v) is 2.30. The fourth-order valence-corrected chi connectivity index (χ4v) is 1.68. The monoisotopic (exact) mass is 139 g/mol. The van der Waals surface area contributed by atoms with E-state index in [1.807, 2.05) is 6.92 Å². The van der Waals surface area contributed by atoms with Gasteiger partial charge >= 0.3 is 0 Å². The Balaban J connectivity index is 2.07. The van der Waals surface area contributed by atoms with Crippen LogP contribution < -0.4 is 0 Å². The van der Waals surface area contributed by atoms with Gasteiger partial charge in [-0.3, -0.25) is 0 Å². The molecule has 0 aliphatic heterocycles. The van der Waals surface area contributed by atoms with Gasteiger partial charge in [-0.05, 0) is 31.6 Å². The summed E-state index contributed by atoms with van der Waals surface area (Å²) in [5.41, 5.74) is 0.864. The molecule has 58 valence electrons. The molecule has 1 heteroatoms. The number of hydrogen-bond donors (Lipinski definition) is 1. The molecule has 1 aliphatic rings. The molecule has 0 spiro atoms. The lowest BCUT2D eigenvalue weighted by Gasteiger charge is -1.95. The second-order valence-corrected chi connectivity index (χ2v) is 3.53. The number of hydrogen-bond acceptors (Lipinski definition) is 1. The topological polar surface area (TPSA) is 23.9 Å². The van der Waals surface area contributed by atoms with Gasteiger partial charge in [0.2, 0.25) is 0 Å². The maximum absolute atomic E-state index is 7.29. The van der Waals surface area contributed by atoms with Crippen molar-refractivity contribution >= 4 is 5.71 Å². The van der Waals surface area contributed by atoms with Crippen molar-refractivity contribution in [3.63, 3.8) is 0 Å². The number of nitrogens with one attached hydrogen (secondary N) is 1. The van der Waals surface area contributed by atoms with Crippen molar-refractivity contribution < 1.29 is 0 Å². The molecule has 1 nitrogen and oxygen atoms in total. The molecular formula is C9H17N. The molecule has 0 radical (unpaired) electrons. The normalized spacial score (nSPS) is 30.2. The molecule has 1 saturated carbocycles. The second kappa shape index (κ2) is 3.18. The summed E-state index contributed by atoms with van der Waals surface area (Å²) in [5, 5.41) is 7.29. The van der Waals surface area contributed by atoms with Gasteiger partial charge in [0.25, 0.3) is 0 Å². The van der Waals surface area contributed by atoms with Gasteiger partial charge in [0.1, 0.15) is 0 Å². The van der Waals surface area contributed by atoms with E-state index in [1.54, 1.807) is 0 Å². The summed E-state index contributed by atoms with van der Waals surface area (Å²) in [6.45, 7) is 4.16. The molecule has 0 saturated heterocycles. The van der Waals surface area contributed by atoms with Crippen LogP contribution in [0.2, 0.25) is 0 Å². The van der Waals surface area contributed by atoms with E-state index in [9.17, 15) is 0 Å². The molecule has 10 heavy (non-hydrogen) atoms. The maximum atomic E-state index is 7.29. The van der Waals surface area contributed by atoms with Gasteiger partial charge in [-0.15, -0.1) is 0 Å². The minimum absolute atomic E-state index is 0.864. The van der Waals surface area contributed by atoms with Crippen molar-refractivity contribution in [1.82, 2.24) is 0 Å². The van der Waals surface area contributed by atoms with Gasteiger partial charge in [-0.2, -0.15) is 0 Å². The molecule has 0 amide bonds. The van der Waals surface area contributed by atoms with Crippen molar-refractivity contribution in [3.8, 4) is 0 Å². The fraction of sp³-hybridized carbons (Fsp3) is 0.889. The molecule has 0 aromatic rings. The molecule has 1 N–H and O–H groups in total. The van der Waals surface area contributed by atoms with Gasteiger partial charge in [-0.1, -0.05) is 19.8 Å². The Bertz CT molecular complexity index is 129. The van der Waals surface area contributed by atoms with Gasteiger partial charge in [-0.25, -0.2) is 0 Å². The van der Waals surface area contributed by atoms with Crippen LogP contribution in [0, 0.1) is 17.2 Å². The van der Waals surface area contributed by atoms with Crippen LogP contribution in [-0.2, 0) is 0 Å². The van der Waals surface area contributed by atoms with E-state index in [0.717, 1.165) is 24.0 Å². The van der Waals surface area contributed by atoms with Crippen LogP contribution in [0.5, 0.6) is 0 Å². The summed E-state index contributed by atoms with van der Waals surface area (Å²) in [4.78, 5) is 0. The Hall–Kier alpha value is -0.330. The van der Waals surface area contributed by atoms with Gasteiger partial charge in [0, 0.05) is 5.71 Å². The summed E-state index contributed by atoms with van der Waals surface area (Å²) in [5.74, 6) is 1.86. The third kappa shape index (κ3) is 2.13. The Morgan fingerprint density at radius 1 is 1.50 bits per heavy atom. The Labute approximate surface area is 63.3 Å². The smallest absolute Gasteiger partial charge is 0.00610 e. The highest BCUT2D eigenvalue weighted by molar-refractivity contribution is 5.79. The zero-order chi connectivity index (χ0) is 7.56. The van der Waals surface area contributed by atoms with Crippen molar-refractivity contribution in [1.29, 1.82) is 5.41 Å². The number of rotatable bonds is 4. The molecule has 0 aromatic heterocycles. The zero-order valence-corrected chi connectivity index (χ0v) is 6.98. The van der Waals surface area contributed by atoms with Gasteiger partial charge < -0.3 is 5.41 Å². The van der Waals surface area contributed by atoms with Crippen molar-refractivity contribution in [2.75, 3.05) is 0 Å². The second-order valence-electron chi connectivity index (χ2n) is 3.53. The quantitative estimate of drug-likeness (QED) is 0.579. The van der Waals surface area contributed by atoms with E-state index in [-0.39, 0.29) is 0 Å². The first-order valence-electron chi connectivity index (χ1n) is 4.28. The predicted octanol–water partition coefficient (Wildman–Crippen LogP) is 2.85. The van der Waals surface area contributed by atoms with E-state index in [0.29, 0.717) is 0 Å². The SMILES string of the molecule is CCCC1CC1CC(C)=N. The Morgan fingerprint density at radius 2 is 2.20 bits per heavy atom. The molecule has 1 aliphatic carbocycles. The largest absolute Gasteiger partial charge is 0.310 e. The molecule has 2 unspecified atom stereocenters. The van der Waals surface area contributed by atoms with Crippen LogP contribution in [0.25, 0.3) is 0 Å². The molecule has 0 heterocycles. The van der Waals surface area contributed by atoms with Crippen LogP contribution in [0.3, 0.4) is 0 Å². The molecule has 1 fully saturated rings. The van der Waals surface area contributed by atoms with Crippen LogP contribution in [0.4, 0.5) is 0 Å². The van der Waals surface area contributed by atoms with Crippen molar-refractivity contribution in [2.45, 2.75) is 39.5 Å². The van der Waals surface area contributed by atoms with Crippen LogP contribution in [0.15, 0.2) is 0 Å². The first-order valence-corrected chi connectivity index (χ1v) is 4.28. The van der Waals surface area contributed by atoms with Crippen LogP contribution in [-0.4, -0.2) is 5.71 Å². The summed E-state index contributed by atoms with van der Waals surface area (Å²) < 4.78 is 0. The van der Waals surface area contributed by atoms with Crippen molar-refractivity contribution in [2.24, 2.45) is 11.8 Å². The average Bonchev–Trinajstić information content (AvgIpc) is 2.47. The Morgan fingerprint density at radius 3 is 2.70 bits per heavy atom. The minimum Gasteiger partial charge on any atom is -0.310 e. The standard InChI is InChI=1S/C9H17N/c1-3-4-8-6-9(8)5-7(2)10/h8-10H,3-6H2,1-2H3. The maximum Gasteiger partial charge on any atom is 0.00610 e. The van der Waals surface area contributed by atoms with Crippen LogP contribution >= 0.6 is 0 Å². The molecule has 0 bridgehead atoms. The highest BCUT2D eigenvalue weighted by atomic mass is 14.5. The third-order valence-electron chi connectivity index (χ3n) is 2.30. The lowest BCUT2D eigenvalue weighted by atomic mass is 10.1. The summed E-state index contributed by atoms with van der Waals surface area (Å²) >= 11 is 0. The molecule has 0 aromatic carbocycles.